The Morgan fingerprint density at radius 1 is 1.31 bits per heavy atom. The number of rotatable bonds is 2. The molecule has 0 aromatic heterocycles. The van der Waals surface area contributed by atoms with E-state index in [1.54, 1.807) is 6.92 Å². The van der Waals surface area contributed by atoms with Gasteiger partial charge in [-0.05, 0) is 23.9 Å². The van der Waals surface area contributed by atoms with Gasteiger partial charge in [0.2, 0.25) is 0 Å². The second kappa shape index (κ2) is 3.55. The summed E-state index contributed by atoms with van der Waals surface area (Å²) in [5.74, 6) is -1.20. The van der Waals surface area contributed by atoms with Crippen LogP contribution in [0.25, 0.3) is 0 Å². The zero-order valence-electron chi connectivity index (χ0n) is 7.14. The van der Waals surface area contributed by atoms with E-state index in [1.165, 1.54) is 13.2 Å². The van der Waals surface area contributed by atoms with Gasteiger partial charge in [-0.25, -0.2) is 4.39 Å². The first-order chi connectivity index (χ1) is 6.07. The molecule has 0 atom stereocenters. The van der Waals surface area contributed by atoms with Gasteiger partial charge in [0, 0.05) is 0 Å². The van der Waals surface area contributed by atoms with Crippen molar-refractivity contribution in [3.05, 3.63) is 23.5 Å². The summed E-state index contributed by atoms with van der Waals surface area (Å²) in [6.07, 6.45) is 0. The Balaban J connectivity index is 3.27. The summed E-state index contributed by atoms with van der Waals surface area (Å²) < 4.78 is 41.8. The van der Waals surface area contributed by atoms with Crippen LogP contribution >= 0.6 is 0 Å². The van der Waals surface area contributed by atoms with E-state index in [0.29, 0.717) is 5.56 Å². The predicted molar refractivity (Wildman–Crippen MR) is 42.4 cm³/mol. The fraction of sp³-hybridized carbons (Fsp3) is 0.250. The molecule has 0 saturated carbocycles. The maximum absolute atomic E-state index is 13.1. The Labute approximate surface area is 73.4 Å². The highest BCUT2D eigenvalue weighted by Gasteiger charge is 2.16. The molecule has 0 fully saturated rings. The van der Waals surface area contributed by atoms with Crippen LogP contribution in [0.15, 0.2) is 12.1 Å². The van der Waals surface area contributed by atoms with Gasteiger partial charge >= 0.3 is 0 Å². The molecule has 0 spiro atoms. The lowest BCUT2D eigenvalue weighted by molar-refractivity contribution is 0.229. The van der Waals surface area contributed by atoms with E-state index in [4.69, 9.17) is 0 Å². The van der Waals surface area contributed by atoms with E-state index in [2.05, 4.69) is 4.74 Å². The van der Waals surface area contributed by atoms with Gasteiger partial charge in [-0.2, -0.15) is 0 Å². The van der Waals surface area contributed by atoms with E-state index in [1.807, 2.05) is 0 Å². The van der Waals surface area contributed by atoms with Crippen LogP contribution in [0.1, 0.15) is 5.56 Å². The van der Waals surface area contributed by atoms with Gasteiger partial charge in [-0.15, -0.1) is 0 Å². The number of anilines is 1. The summed E-state index contributed by atoms with van der Waals surface area (Å²) in [6, 6.07) is 2.36. The van der Waals surface area contributed by atoms with E-state index >= 15 is 0 Å². The molecule has 0 aliphatic rings. The maximum atomic E-state index is 13.1. The van der Waals surface area contributed by atoms with Crippen LogP contribution in [0.4, 0.5) is 19.0 Å². The lowest BCUT2D eigenvalue weighted by Crippen LogP contribution is -2.02. The highest BCUT2D eigenvalue weighted by Crippen LogP contribution is 2.30. The van der Waals surface area contributed by atoms with Gasteiger partial charge in [-0.3, -0.25) is 0 Å². The van der Waals surface area contributed by atoms with Crippen LogP contribution in [0, 0.1) is 12.7 Å². The Morgan fingerprint density at radius 3 is 2.38 bits per heavy atom. The molecule has 2 nitrogen and oxygen atoms in total. The molecule has 1 aromatic rings. The normalized spacial score (nSPS) is 9.92. The maximum Gasteiger partial charge on any atom is 0.194 e. The van der Waals surface area contributed by atoms with Crippen LogP contribution in [-0.2, 0) is 0 Å². The molecule has 0 aliphatic heterocycles. The zero-order chi connectivity index (χ0) is 10.0. The molecule has 1 rings (SSSR count). The largest absolute Gasteiger partial charge is 0.493 e. The molecule has 72 valence electrons. The number of nitrogens with zero attached hydrogens (tertiary/aromatic N) is 1. The second-order valence-corrected chi connectivity index (χ2v) is 2.48. The van der Waals surface area contributed by atoms with Crippen molar-refractivity contribution in [1.82, 2.24) is 0 Å². The van der Waals surface area contributed by atoms with Gasteiger partial charge in [0.15, 0.2) is 11.6 Å². The van der Waals surface area contributed by atoms with Crippen molar-refractivity contribution in [3.8, 4) is 5.75 Å². The van der Waals surface area contributed by atoms with E-state index < -0.39 is 16.8 Å². The Hall–Kier alpha value is -1.39. The van der Waals surface area contributed by atoms with Crippen LogP contribution in [0.5, 0.6) is 5.75 Å². The minimum atomic E-state index is -1.28. The molecule has 0 aliphatic carbocycles. The summed E-state index contributed by atoms with van der Waals surface area (Å²) in [5.41, 5.74) is -0.312. The van der Waals surface area contributed by atoms with E-state index in [0.717, 1.165) is 6.07 Å². The van der Waals surface area contributed by atoms with Gasteiger partial charge in [-0.1, -0.05) is 15.0 Å². The molecule has 0 bridgehead atoms. The summed E-state index contributed by atoms with van der Waals surface area (Å²) in [7, 11) is 1.23. The highest BCUT2D eigenvalue weighted by molar-refractivity contribution is 5.52. The molecule has 1 aromatic carbocycles. The number of hydrogen-bond donors (Lipinski definition) is 0. The van der Waals surface area contributed by atoms with Crippen molar-refractivity contribution in [2.75, 3.05) is 12.5 Å². The smallest absolute Gasteiger partial charge is 0.194 e. The third kappa shape index (κ3) is 1.68. The van der Waals surface area contributed by atoms with Crippen molar-refractivity contribution in [2.24, 2.45) is 0 Å². The third-order valence-electron chi connectivity index (χ3n) is 1.66. The van der Waals surface area contributed by atoms with E-state index in [9.17, 15) is 13.4 Å². The SMILES string of the molecule is COc1c(C)ccc(N(F)F)c1F. The molecule has 5 heteroatoms. The summed E-state index contributed by atoms with van der Waals surface area (Å²) in [4.78, 5) is 0. The summed E-state index contributed by atoms with van der Waals surface area (Å²) in [5, 5.41) is -1.28. The van der Waals surface area contributed by atoms with Crippen LogP contribution in [0.3, 0.4) is 0 Å². The molecule has 0 radical (unpaired) electrons. The molecule has 13 heavy (non-hydrogen) atoms. The average Bonchev–Trinajstić information content (AvgIpc) is 2.04. The predicted octanol–water partition coefficient (Wildman–Crippen LogP) is 2.72. The van der Waals surface area contributed by atoms with Crippen LogP contribution in [-0.4, -0.2) is 7.11 Å². The van der Waals surface area contributed by atoms with Crippen LogP contribution in [0.2, 0.25) is 0 Å². The quantitative estimate of drug-likeness (QED) is 0.666. The van der Waals surface area contributed by atoms with Gasteiger partial charge < -0.3 is 4.74 Å². The fourth-order valence-corrected chi connectivity index (χ4v) is 1.02. The molecular weight excluding hydrogens is 183 g/mol. The minimum Gasteiger partial charge on any atom is -0.493 e. The molecule has 0 unspecified atom stereocenters. The Kier molecular flexibility index (Phi) is 2.65. The highest BCUT2D eigenvalue weighted by atomic mass is 19.4. The van der Waals surface area contributed by atoms with E-state index in [-0.39, 0.29) is 5.75 Å². The standard InChI is InChI=1S/C8H8F3NO/c1-5-3-4-6(12(10)11)7(9)8(5)13-2/h3-4H,1-2H3. The monoisotopic (exact) mass is 191 g/mol. The van der Waals surface area contributed by atoms with Gasteiger partial charge in [0.05, 0.1) is 7.11 Å². The number of methoxy groups -OCH3 is 1. The molecule has 0 amide bonds. The minimum absolute atomic E-state index is 0.155. The summed E-state index contributed by atoms with van der Waals surface area (Å²) in [6.45, 7) is 1.58. The lowest BCUT2D eigenvalue weighted by Gasteiger charge is -2.09. The topological polar surface area (TPSA) is 12.5 Å². The Bertz CT molecular complexity index is 315. The van der Waals surface area contributed by atoms with Crippen LogP contribution < -0.4 is 10.1 Å². The lowest BCUT2D eigenvalue weighted by atomic mass is 10.2. The number of aryl methyl sites for hydroxylation is 1. The number of hydrogen-bond acceptors (Lipinski definition) is 2. The summed E-state index contributed by atoms with van der Waals surface area (Å²) >= 11 is 0. The Morgan fingerprint density at radius 2 is 1.92 bits per heavy atom. The number of ether oxygens (including phenoxy) is 1. The first-order valence-electron chi connectivity index (χ1n) is 3.52. The van der Waals surface area contributed by atoms with Gasteiger partial charge in [0.25, 0.3) is 0 Å². The molecular formula is C8H8F3NO. The van der Waals surface area contributed by atoms with Crippen molar-refractivity contribution in [1.29, 1.82) is 0 Å². The van der Waals surface area contributed by atoms with Crippen molar-refractivity contribution < 1.29 is 18.1 Å². The zero-order valence-corrected chi connectivity index (χ0v) is 7.14. The second-order valence-electron chi connectivity index (χ2n) is 2.48. The third-order valence-corrected chi connectivity index (χ3v) is 1.66. The average molecular weight is 191 g/mol. The van der Waals surface area contributed by atoms with Crippen molar-refractivity contribution >= 4 is 5.69 Å². The first kappa shape index (κ1) is 9.70. The van der Waals surface area contributed by atoms with Gasteiger partial charge in [0.1, 0.15) is 5.69 Å². The molecule has 0 heterocycles. The first-order valence-corrected chi connectivity index (χ1v) is 3.52. The fourth-order valence-electron chi connectivity index (χ4n) is 1.02. The van der Waals surface area contributed by atoms with Crippen molar-refractivity contribution in [2.45, 2.75) is 6.92 Å². The number of benzene rings is 1. The number of halogens is 3. The van der Waals surface area contributed by atoms with Crippen molar-refractivity contribution in [3.63, 3.8) is 0 Å². The molecule has 0 N–H and O–H groups in total. The molecule has 0 saturated heterocycles.